The Bertz CT molecular complexity index is 587. The van der Waals surface area contributed by atoms with Gasteiger partial charge in [0, 0.05) is 32.2 Å². The summed E-state index contributed by atoms with van der Waals surface area (Å²) in [6.45, 7) is 2.72. The lowest BCUT2D eigenvalue weighted by Crippen LogP contribution is -2.26. The summed E-state index contributed by atoms with van der Waals surface area (Å²) < 4.78 is 12.9. The van der Waals surface area contributed by atoms with E-state index in [-0.39, 0.29) is 12.0 Å². The van der Waals surface area contributed by atoms with Crippen LogP contribution in [0.2, 0.25) is 0 Å². The zero-order valence-corrected chi connectivity index (χ0v) is 12.5. The van der Waals surface area contributed by atoms with Crippen LogP contribution < -0.4 is 5.32 Å². The van der Waals surface area contributed by atoms with Crippen molar-refractivity contribution in [2.75, 3.05) is 26.4 Å². The highest BCUT2D eigenvalue weighted by atomic mass is 16.5. The van der Waals surface area contributed by atoms with Gasteiger partial charge in [-0.2, -0.15) is 0 Å². The molecular formula is C16H21N3O3. The number of nitrogens with one attached hydrogen (secondary N) is 1. The second-order valence-corrected chi connectivity index (χ2v) is 5.41. The summed E-state index contributed by atoms with van der Waals surface area (Å²) in [4.78, 5) is 16.3. The Labute approximate surface area is 129 Å². The maximum absolute atomic E-state index is 12.0. The Morgan fingerprint density at radius 3 is 3.27 bits per heavy atom. The molecule has 2 aromatic rings. The number of pyridine rings is 1. The van der Waals surface area contributed by atoms with Crippen molar-refractivity contribution >= 4 is 11.6 Å². The summed E-state index contributed by atoms with van der Waals surface area (Å²) >= 11 is 0. The van der Waals surface area contributed by atoms with E-state index < -0.39 is 0 Å². The van der Waals surface area contributed by atoms with Gasteiger partial charge in [-0.25, -0.2) is 4.98 Å². The number of aromatic nitrogens is 2. The standard InChI is InChI=1S/C16H21N3O3/c20-16(14-11-19-8-2-1-6-15(19)18-14)17-7-4-9-21-12-13-5-3-10-22-13/h1-2,6,8,11,13H,3-5,7,9-10,12H2,(H,17,20)/t13-/m0/s1. The van der Waals surface area contributed by atoms with Crippen molar-refractivity contribution in [3.8, 4) is 0 Å². The maximum atomic E-state index is 12.0. The van der Waals surface area contributed by atoms with Gasteiger partial charge in [0.2, 0.25) is 0 Å². The lowest BCUT2D eigenvalue weighted by molar-refractivity contribution is 0.0166. The average molecular weight is 303 g/mol. The largest absolute Gasteiger partial charge is 0.379 e. The Hall–Kier alpha value is -1.92. The molecule has 0 radical (unpaired) electrons. The van der Waals surface area contributed by atoms with Gasteiger partial charge < -0.3 is 19.2 Å². The van der Waals surface area contributed by atoms with Gasteiger partial charge in [-0.3, -0.25) is 4.79 Å². The molecule has 0 aliphatic carbocycles. The summed E-state index contributed by atoms with van der Waals surface area (Å²) in [7, 11) is 0. The fourth-order valence-electron chi connectivity index (χ4n) is 2.50. The molecule has 1 fully saturated rings. The number of hydrogen-bond donors (Lipinski definition) is 1. The smallest absolute Gasteiger partial charge is 0.271 e. The number of carbonyl (C=O) groups excluding carboxylic acids is 1. The molecule has 1 saturated heterocycles. The summed E-state index contributed by atoms with van der Waals surface area (Å²) in [6, 6.07) is 5.67. The van der Waals surface area contributed by atoms with E-state index >= 15 is 0 Å². The van der Waals surface area contributed by atoms with Crippen molar-refractivity contribution in [1.82, 2.24) is 14.7 Å². The molecule has 0 unspecified atom stereocenters. The first-order valence-corrected chi connectivity index (χ1v) is 7.74. The summed E-state index contributed by atoms with van der Waals surface area (Å²) in [5.74, 6) is -0.150. The molecule has 0 saturated carbocycles. The SMILES string of the molecule is O=C(NCCCOC[C@@H]1CCCO1)c1cn2ccccc2n1. The normalized spacial score (nSPS) is 17.9. The number of rotatable bonds is 7. The number of carbonyl (C=O) groups is 1. The molecule has 118 valence electrons. The third-order valence-electron chi connectivity index (χ3n) is 3.68. The van der Waals surface area contributed by atoms with E-state index in [1.54, 1.807) is 6.20 Å². The van der Waals surface area contributed by atoms with Gasteiger partial charge >= 0.3 is 0 Å². The number of fused-ring (bicyclic) bond motifs is 1. The van der Waals surface area contributed by atoms with Crippen molar-refractivity contribution in [1.29, 1.82) is 0 Å². The van der Waals surface area contributed by atoms with Crippen LogP contribution >= 0.6 is 0 Å². The van der Waals surface area contributed by atoms with Crippen LogP contribution in [-0.2, 0) is 9.47 Å². The van der Waals surface area contributed by atoms with Crippen LogP contribution in [-0.4, -0.2) is 47.8 Å². The molecule has 0 spiro atoms. The van der Waals surface area contributed by atoms with Gasteiger partial charge in [0.15, 0.2) is 0 Å². The fourth-order valence-corrected chi connectivity index (χ4v) is 2.50. The molecule has 1 aliphatic heterocycles. The van der Waals surface area contributed by atoms with Crippen LogP contribution in [0, 0.1) is 0 Å². The maximum Gasteiger partial charge on any atom is 0.271 e. The minimum Gasteiger partial charge on any atom is -0.379 e. The number of nitrogens with zero attached hydrogens (tertiary/aromatic N) is 2. The number of hydrogen-bond acceptors (Lipinski definition) is 4. The predicted molar refractivity (Wildman–Crippen MR) is 81.9 cm³/mol. The topological polar surface area (TPSA) is 64.9 Å². The molecule has 1 atom stereocenters. The highest BCUT2D eigenvalue weighted by Gasteiger charge is 2.15. The van der Waals surface area contributed by atoms with Crippen molar-refractivity contribution < 1.29 is 14.3 Å². The summed E-state index contributed by atoms with van der Waals surface area (Å²) in [6.07, 6.45) is 6.86. The number of ether oxygens (including phenoxy) is 2. The first-order chi connectivity index (χ1) is 10.8. The molecule has 6 heteroatoms. The molecule has 1 amide bonds. The van der Waals surface area contributed by atoms with Gasteiger partial charge in [-0.15, -0.1) is 0 Å². The molecule has 0 aromatic carbocycles. The second-order valence-electron chi connectivity index (χ2n) is 5.41. The predicted octanol–water partition coefficient (Wildman–Crippen LogP) is 1.65. The number of amides is 1. The van der Waals surface area contributed by atoms with Gasteiger partial charge in [0.05, 0.1) is 12.7 Å². The Morgan fingerprint density at radius 1 is 1.50 bits per heavy atom. The van der Waals surface area contributed by atoms with Gasteiger partial charge in [0.25, 0.3) is 5.91 Å². The van der Waals surface area contributed by atoms with Crippen LogP contribution in [0.1, 0.15) is 29.8 Å². The van der Waals surface area contributed by atoms with Crippen molar-refractivity contribution in [3.05, 3.63) is 36.3 Å². The minimum absolute atomic E-state index is 0.150. The van der Waals surface area contributed by atoms with E-state index in [1.807, 2.05) is 28.8 Å². The Balaban J connectivity index is 1.35. The molecule has 3 heterocycles. The van der Waals surface area contributed by atoms with Crippen LogP contribution in [0.5, 0.6) is 0 Å². The average Bonchev–Trinajstić information content (AvgIpc) is 3.19. The highest BCUT2D eigenvalue weighted by Crippen LogP contribution is 2.11. The van der Waals surface area contributed by atoms with E-state index in [1.165, 1.54) is 0 Å². The first kappa shape index (κ1) is 15.0. The van der Waals surface area contributed by atoms with Crippen molar-refractivity contribution in [2.45, 2.75) is 25.4 Å². The molecule has 6 nitrogen and oxygen atoms in total. The molecule has 2 aromatic heterocycles. The van der Waals surface area contributed by atoms with Crippen molar-refractivity contribution in [3.63, 3.8) is 0 Å². The molecule has 0 bridgehead atoms. The van der Waals surface area contributed by atoms with E-state index in [0.29, 0.717) is 25.5 Å². The second kappa shape index (κ2) is 7.38. The third-order valence-corrected chi connectivity index (χ3v) is 3.68. The Kier molecular flexibility index (Phi) is 5.03. The van der Waals surface area contributed by atoms with E-state index in [9.17, 15) is 4.79 Å². The lowest BCUT2D eigenvalue weighted by Gasteiger charge is -2.10. The third kappa shape index (κ3) is 3.84. The minimum atomic E-state index is -0.150. The summed E-state index contributed by atoms with van der Waals surface area (Å²) in [5, 5.41) is 2.86. The lowest BCUT2D eigenvalue weighted by atomic mass is 10.2. The molecule has 1 aliphatic rings. The van der Waals surface area contributed by atoms with Gasteiger partial charge in [0.1, 0.15) is 11.3 Å². The monoisotopic (exact) mass is 303 g/mol. The summed E-state index contributed by atoms with van der Waals surface area (Å²) in [5.41, 5.74) is 1.21. The zero-order valence-electron chi connectivity index (χ0n) is 12.5. The highest BCUT2D eigenvalue weighted by molar-refractivity contribution is 5.92. The first-order valence-electron chi connectivity index (χ1n) is 7.74. The van der Waals surface area contributed by atoms with Gasteiger partial charge in [-0.05, 0) is 31.4 Å². The van der Waals surface area contributed by atoms with Crippen LogP contribution in [0.15, 0.2) is 30.6 Å². The number of imidazole rings is 1. The Morgan fingerprint density at radius 2 is 2.45 bits per heavy atom. The zero-order chi connectivity index (χ0) is 15.2. The van der Waals surface area contributed by atoms with Crippen LogP contribution in [0.4, 0.5) is 0 Å². The molecule has 22 heavy (non-hydrogen) atoms. The quantitative estimate of drug-likeness (QED) is 0.790. The molecular weight excluding hydrogens is 282 g/mol. The fraction of sp³-hybridized carbons (Fsp3) is 0.500. The van der Waals surface area contributed by atoms with E-state index in [0.717, 1.165) is 31.5 Å². The van der Waals surface area contributed by atoms with E-state index in [4.69, 9.17) is 9.47 Å². The van der Waals surface area contributed by atoms with E-state index in [2.05, 4.69) is 10.3 Å². The van der Waals surface area contributed by atoms with Crippen molar-refractivity contribution in [2.24, 2.45) is 0 Å². The van der Waals surface area contributed by atoms with Crippen LogP contribution in [0.3, 0.4) is 0 Å². The van der Waals surface area contributed by atoms with Gasteiger partial charge in [-0.1, -0.05) is 6.07 Å². The molecule has 1 N–H and O–H groups in total. The van der Waals surface area contributed by atoms with Crippen LogP contribution in [0.25, 0.3) is 5.65 Å². The molecule has 3 rings (SSSR count).